The van der Waals surface area contributed by atoms with Gasteiger partial charge in [-0.3, -0.25) is 0 Å². The number of hydrogen-bond acceptors (Lipinski definition) is 7. The van der Waals surface area contributed by atoms with E-state index < -0.39 is 0 Å². The van der Waals surface area contributed by atoms with Crippen LogP contribution in [-0.2, 0) is 0 Å². The molecule has 0 amide bonds. The first-order chi connectivity index (χ1) is 15.1. The van der Waals surface area contributed by atoms with E-state index >= 15 is 0 Å². The Balaban J connectivity index is 1.46. The van der Waals surface area contributed by atoms with Gasteiger partial charge in [0.2, 0.25) is 0 Å². The maximum absolute atomic E-state index is 5.91. The molecule has 0 radical (unpaired) electrons. The Morgan fingerprint density at radius 3 is 2.26 bits per heavy atom. The van der Waals surface area contributed by atoms with Crippen molar-refractivity contribution < 1.29 is 4.74 Å². The second kappa shape index (κ2) is 8.18. The van der Waals surface area contributed by atoms with Crippen LogP contribution in [0.4, 0.5) is 17.3 Å². The number of aromatic nitrogens is 4. The smallest absolute Gasteiger partial charge is 0.322 e. The summed E-state index contributed by atoms with van der Waals surface area (Å²) >= 11 is 0. The predicted molar refractivity (Wildman–Crippen MR) is 122 cm³/mol. The molecule has 1 N–H and O–H groups in total. The minimum Gasteiger partial charge on any atom is -0.424 e. The monoisotopic (exact) mass is 412 g/mol. The quantitative estimate of drug-likeness (QED) is 0.484. The third-order valence-electron chi connectivity index (χ3n) is 5.23. The van der Waals surface area contributed by atoms with E-state index in [1.54, 1.807) is 0 Å². The van der Waals surface area contributed by atoms with E-state index in [2.05, 4.69) is 20.2 Å². The number of fused-ring (bicyclic) bond motifs is 1. The highest BCUT2D eigenvalue weighted by Gasteiger charge is 2.19. The van der Waals surface area contributed by atoms with Crippen LogP contribution in [0.25, 0.3) is 11.0 Å². The van der Waals surface area contributed by atoms with E-state index in [0.29, 0.717) is 11.8 Å². The molecule has 3 heterocycles. The first-order valence-corrected chi connectivity index (χ1v) is 10.5. The lowest BCUT2D eigenvalue weighted by molar-refractivity contribution is 0.439. The fraction of sp³-hybridized carbons (Fsp3) is 0.250. The van der Waals surface area contributed by atoms with Gasteiger partial charge >= 0.3 is 6.01 Å². The van der Waals surface area contributed by atoms with Crippen molar-refractivity contribution in [3.8, 4) is 11.8 Å². The number of ether oxygens (including phenoxy) is 1. The molecule has 5 rings (SSSR count). The molecule has 4 aromatic rings. The summed E-state index contributed by atoms with van der Waals surface area (Å²) in [5, 5.41) is 3.45. The molecule has 2 aromatic heterocycles. The highest BCUT2D eigenvalue weighted by atomic mass is 16.5. The van der Waals surface area contributed by atoms with Crippen molar-refractivity contribution >= 4 is 28.4 Å². The lowest BCUT2D eigenvalue weighted by Crippen LogP contribution is -2.21. The van der Waals surface area contributed by atoms with Crippen LogP contribution in [0.1, 0.15) is 24.2 Å². The summed E-state index contributed by atoms with van der Waals surface area (Å²) in [5.74, 6) is 2.30. The van der Waals surface area contributed by atoms with Gasteiger partial charge in [-0.2, -0.15) is 0 Å². The van der Waals surface area contributed by atoms with Crippen molar-refractivity contribution in [3.05, 3.63) is 66.0 Å². The summed E-state index contributed by atoms with van der Waals surface area (Å²) in [6, 6.07) is 18.0. The van der Waals surface area contributed by atoms with E-state index in [1.807, 2.05) is 68.4 Å². The standard InChI is InChI=1S/C24H24N6O/c1-16-14-17(2)26-24(25-16)31-19-9-7-8-18(15-19)27-22-23(30-12-5-6-13-30)29-21-11-4-3-10-20(21)28-22/h3-4,7-11,14-15H,5-6,12-13H2,1-2H3,(H,27,28). The topological polar surface area (TPSA) is 76.1 Å². The molecule has 31 heavy (non-hydrogen) atoms. The van der Waals surface area contributed by atoms with E-state index in [0.717, 1.165) is 52.8 Å². The van der Waals surface area contributed by atoms with Crippen molar-refractivity contribution in [1.29, 1.82) is 0 Å². The zero-order valence-corrected chi connectivity index (χ0v) is 17.7. The van der Waals surface area contributed by atoms with Crippen molar-refractivity contribution in [1.82, 2.24) is 19.9 Å². The maximum Gasteiger partial charge on any atom is 0.322 e. The van der Waals surface area contributed by atoms with Crippen LogP contribution in [0.3, 0.4) is 0 Å². The fourth-order valence-electron chi connectivity index (χ4n) is 3.84. The van der Waals surface area contributed by atoms with E-state index in [-0.39, 0.29) is 0 Å². The molecular weight excluding hydrogens is 388 g/mol. The SMILES string of the molecule is Cc1cc(C)nc(Oc2cccc(Nc3nc4ccccc4nc3N3CCCC3)c2)n1. The number of nitrogens with zero attached hydrogens (tertiary/aromatic N) is 5. The first-order valence-electron chi connectivity index (χ1n) is 10.5. The summed E-state index contributed by atoms with van der Waals surface area (Å²) in [5.41, 5.74) is 4.38. The Labute approximate surface area is 181 Å². The molecule has 1 aliphatic rings. The Hall–Kier alpha value is -3.74. The van der Waals surface area contributed by atoms with Gasteiger partial charge in [0.25, 0.3) is 0 Å². The molecule has 0 saturated carbocycles. The molecule has 2 aromatic carbocycles. The lowest BCUT2D eigenvalue weighted by Gasteiger charge is -2.20. The fourth-order valence-corrected chi connectivity index (χ4v) is 3.84. The number of benzene rings is 2. The average Bonchev–Trinajstić information content (AvgIpc) is 3.27. The minimum absolute atomic E-state index is 0.345. The van der Waals surface area contributed by atoms with Crippen molar-refractivity contribution in [3.63, 3.8) is 0 Å². The molecule has 1 saturated heterocycles. The molecule has 7 nitrogen and oxygen atoms in total. The molecule has 0 aliphatic carbocycles. The largest absolute Gasteiger partial charge is 0.424 e. The third-order valence-corrected chi connectivity index (χ3v) is 5.23. The van der Waals surface area contributed by atoms with Gasteiger partial charge in [-0.25, -0.2) is 19.9 Å². The van der Waals surface area contributed by atoms with Gasteiger partial charge in [-0.15, -0.1) is 0 Å². The Bertz CT molecular complexity index is 1220. The van der Waals surface area contributed by atoms with Crippen molar-refractivity contribution in [2.75, 3.05) is 23.3 Å². The van der Waals surface area contributed by atoms with Gasteiger partial charge in [0.1, 0.15) is 5.75 Å². The minimum atomic E-state index is 0.345. The van der Waals surface area contributed by atoms with Crippen LogP contribution in [0, 0.1) is 13.8 Å². The molecule has 0 spiro atoms. The van der Waals surface area contributed by atoms with Gasteiger partial charge in [0, 0.05) is 36.2 Å². The van der Waals surface area contributed by atoms with Crippen LogP contribution >= 0.6 is 0 Å². The highest BCUT2D eigenvalue weighted by Crippen LogP contribution is 2.31. The Morgan fingerprint density at radius 2 is 1.52 bits per heavy atom. The molecule has 0 atom stereocenters. The lowest BCUT2D eigenvalue weighted by atomic mass is 10.2. The molecule has 0 bridgehead atoms. The zero-order valence-electron chi connectivity index (χ0n) is 17.7. The normalized spacial score (nSPS) is 13.5. The number of aryl methyl sites for hydroxylation is 2. The van der Waals surface area contributed by atoms with E-state index in [4.69, 9.17) is 14.7 Å². The number of rotatable bonds is 5. The predicted octanol–water partition coefficient (Wildman–Crippen LogP) is 5.17. The number of anilines is 3. The molecular formula is C24H24N6O. The average molecular weight is 412 g/mol. The summed E-state index contributed by atoms with van der Waals surface area (Å²) in [7, 11) is 0. The Morgan fingerprint density at radius 1 is 0.806 bits per heavy atom. The van der Waals surface area contributed by atoms with Crippen LogP contribution in [0.15, 0.2) is 54.6 Å². The molecule has 0 unspecified atom stereocenters. The zero-order chi connectivity index (χ0) is 21.2. The molecule has 1 fully saturated rings. The summed E-state index contributed by atoms with van der Waals surface area (Å²) < 4.78 is 5.91. The molecule has 1 aliphatic heterocycles. The van der Waals surface area contributed by atoms with Gasteiger partial charge in [-0.05, 0) is 57.0 Å². The number of hydrogen-bond donors (Lipinski definition) is 1. The second-order valence-corrected chi connectivity index (χ2v) is 7.77. The maximum atomic E-state index is 5.91. The van der Waals surface area contributed by atoms with E-state index in [1.165, 1.54) is 12.8 Å². The summed E-state index contributed by atoms with van der Waals surface area (Å²) in [6.07, 6.45) is 2.35. The van der Waals surface area contributed by atoms with Crippen LogP contribution < -0.4 is 15.0 Å². The van der Waals surface area contributed by atoms with Crippen LogP contribution in [-0.4, -0.2) is 33.0 Å². The first kappa shape index (κ1) is 19.2. The number of para-hydroxylation sites is 2. The Kier molecular flexibility index (Phi) is 5.08. The molecule has 7 heteroatoms. The van der Waals surface area contributed by atoms with Crippen molar-refractivity contribution in [2.24, 2.45) is 0 Å². The summed E-state index contributed by atoms with van der Waals surface area (Å²) in [4.78, 5) is 20.8. The van der Waals surface area contributed by atoms with Gasteiger partial charge in [0.05, 0.1) is 11.0 Å². The van der Waals surface area contributed by atoms with Crippen LogP contribution in [0.2, 0.25) is 0 Å². The number of nitrogens with one attached hydrogen (secondary N) is 1. The molecule has 156 valence electrons. The van der Waals surface area contributed by atoms with Gasteiger partial charge < -0.3 is 15.0 Å². The van der Waals surface area contributed by atoms with Crippen molar-refractivity contribution in [2.45, 2.75) is 26.7 Å². The summed E-state index contributed by atoms with van der Waals surface area (Å²) in [6.45, 7) is 5.85. The second-order valence-electron chi connectivity index (χ2n) is 7.77. The van der Waals surface area contributed by atoms with Gasteiger partial charge in [0.15, 0.2) is 11.6 Å². The van der Waals surface area contributed by atoms with Gasteiger partial charge in [-0.1, -0.05) is 18.2 Å². The third kappa shape index (κ3) is 4.26. The van der Waals surface area contributed by atoms with E-state index in [9.17, 15) is 0 Å². The highest BCUT2D eigenvalue weighted by molar-refractivity contribution is 5.82. The van der Waals surface area contributed by atoms with Crippen LogP contribution in [0.5, 0.6) is 11.8 Å².